The summed E-state index contributed by atoms with van der Waals surface area (Å²) in [5, 5.41) is 0. The Bertz CT molecular complexity index is 53.5. The topological polar surface area (TPSA) is 35.2 Å². The standard InChI is InChI=1S/C6H13NO/c1-2-3-4-5-6-8-7/h4-5H,2-3,6-7H2,1H3/b5-4+. The molecule has 0 bridgehead atoms. The molecule has 48 valence electrons. The summed E-state index contributed by atoms with van der Waals surface area (Å²) in [5.41, 5.74) is 0. The molecule has 0 aromatic heterocycles. The van der Waals surface area contributed by atoms with Gasteiger partial charge in [0.05, 0.1) is 6.61 Å². The fraction of sp³-hybridized carbons (Fsp3) is 0.667. The van der Waals surface area contributed by atoms with Crippen molar-refractivity contribution in [3.8, 4) is 0 Å². The second kappa shape index (κ2) is 6.66. The van der Waals surface area contributed by atoms with Crippen molar-refractivity contribution in [1.82, 2.24) is 0 Å². The van der Waals surface area contributed by atoms with Crippen molar-refractivity contribution in [2.75, 3.05) is 6.61 Å². The van der Waals surface area contributed by atoms with Gasteiger partial charge in [-0.1, -0.05) is 25.5 Å². The van der Waals surface area contributed by atoms with Crippen molar-refractivity contribution in [3.05, 3.63) is 12.2 Å². The molecule has 0 saturated heterocycles. The molecule has 0 saturated carbocycles. The zero-order valence-corrected chi connectivity index (χ0v) is 5.26. The minimum atomic E-state index is 0.528. The lowest BCUT2D eigenvalue weighted by molar-refractivity contribution is 0.168. The SMILES string of the molecule is CCC/C=C/CON. The molecule has 2 nitrogen and oxygen atoms in total. The van der Waals surface area contributed by atoms with Crippen LogP contribution in [-0.2, 0) is 4.84 Å². The Morgan fingerprint density at radius 3 is 2.75 bits per heavy atom. The van der Waals surface area contributed by atoms with Gasteiger partial charge in [0, 0.05) is 0 Å². The van der Waals surface area contributed by atoms with Gasteiger partial charge in [0.1, 0.15) is 0 Å². The summed E-state index contributed by atoms with van der Waals surface area (Å²) >= 11 is 0. The van der Waals surface area contributed by atoms with E-state index in [1.807, 2.05) is 6.08 Å². The molecule has 0 heterocycles. The molecule has 0 unspecified atom stereocenters. The predicted octanol–water partition coefficient (Wildman–Crippen LogP) is 1.23. The number of allylic oxidation sites excluding steroid dienone is 1. The lowest BCUT2D eigenvalue weighted by Crippen LogP contribution is -1.96. The Labute approximate surface area is 50.3 Å². The minimum absolute atomic E-state index is 0.528. The van der Waals surface area contributed by atoms with Gasteiger partial charge in [0.2, 0.25) is 0 Å². The van der Waals surface area contributed by atoms with Crippen LogP contribution < -0.4 is 5.90 Å². The van der Waals surface area contributed by atoms with Crippen molar-refractivity contribution < 1.29 is 4.84 Å². The monoisotopic (exact) mass is 115 g/mol. The van der Waals surface area contributed by atoms with Gasteiger partial charge in [0.15, 0.2) is 0 Å². The lowest BCUT2D eigenvalue weighted by Gasteiger charge is -1.85. The first kappa shape index (κ1) is 7.66. The van der Waals surface area contributed by atoms with E-state index < -0.39 is 0 Å². The summed E-state index contributed by atoms with van der Waals surface area (Å²) in [4.78, 5) is 4.30. The molecule has 0 spiro atoms. The zero-order chi connectivity index (χ0) is 6.24. The lowest BCUT2D eigenvalue weighted by atomic mass is 10.3. The van der Waals surface area contributed by atoms with E-state index in [4.69, 9.17) is 5.90 Å². The molecule has 2 heteroatoms. The van der Waals surface area contributed by atoms with E-state index in [1.165, 1.54) is 6.42 Å². The van der Waals surface area contributed by atoms with Crippen LogP contribution in [0.2, 0.25) is 0 Å². The van der Waals surface area contributed by atoms with E-state index in [0.29, 0.717) is 6.61 Å². The van der Waals surface area contributed by atoms with Gasteiger partial charge < -0.3 is 4.84 Å². The molecule has 0 aromatic carbocycles. The van der Waals surface area contributed by atoms with E-state index in [-0.39, 0.29) is 0 Å². The molecule has 0 aromatic rings. The van der Waals surface area contributed by atoms with E-state index in [1.54, 1.807) is 0 Å². The van der Waals surface area contributed by atoms with Crippen molar-refractivity contribution in [1.29, 1.82) is 0 Å². The van der Waals surface area contributed by atoms with Crippen molar-refractivity contribution in [3.63, 3.8) is 0 Å². The average molecular weight is 115 g/mol. The fourth-order valence-corrected chi connectivity index (χ4v) is 0.408. The predicted molar refractivity (Wildman–Crippen MR) is 34.2 cm³/mol. The molecule has 0 aliphatic heterocycles. The van der Waals surface area contributed by atoms with Crippen LogP contribution >= 0.6 is 0 Å². The highest BCUT2D eigenvalue weighted by Crippen LogP contribution is 1.86. The van der Waals surface area contributed by atoms with Crippen molar-refractivity contribution in [2.45, 2.75) is 19.8 Å². The molecule has 0 aliphatic rings. The molecular weight excluding hydrogens is 102 g/mol. The Hall–Kier alpha value is -0.340. The second-order valence-electron chi connectivity index (χ2n) is 1.59. The van der Waals surface area contributed by atoms with Crippen LogP contribution in [0.5, 0.6) is 0 Å². The number of hydrogen-bond donors (Lipinski definition) is 1. The Kier molecular flexibility index (Phi) is 6.38. The maximum atomic E-state index is 4.76. The molecular formula is C6H13NO. The maximum absolute atomic E-state index is 4.76. The van der Waals surface area contributed by atoms with Crippen LogP contribution in [0.3, 0.4) is 0 Å². The average Bonchev–Trinajstić information content (AvgIpc) is 1.81. The van der Waals surface area contributed by atoms with Crippen molar-refractivity contribution >= 4 is 0 Å². The first-order chi connectivity index (χ1) is 3.91. The number of hydrogen-bond acceptors (Lipinski definition) is 2. The Balaban J connectivity index is 2.83. The molecule has 0 rings (SSSR count). The molecule has 0 aliphatic carbocycles. The van der Waals surface area contributed by atoms with Crippen LogP contribution in [0.4, 0.5) is 0 Å². The van der Waals surface area contributed by atoms with Gasteiger partial charge in [-0.15, -0.1) is 0 Å². The first-order valence-corrected chi connectivity index (χ1v) is 2.88. The minimum Gasteiger partial charge on any atom is -0.300 e. The van der Waals surface area contributed by atoms with E-state index in [2.05, 4.69) is 17.8 Å². The number of unbranched alkanes of at least 4 members (excludes halogenated alkanes) is 1. The highest BCUT2D eigenvalue weighted by atomic mass is 16.6. The highest BCUT2D eigenvalue weighted by Gasteiger charge is 1.71. The van der Waals surface area contributed by atoms with Gasteiger partial charge in [-0.2, -0.15) is 0 Å². The molecule has 2 N–H and O–H groups in total. The summed E-state index contributed by atoms with van der Waals surface area (Å²) in [6, 6.07) is 0. The van der Waals surface area contributed by atoms with Gasteiger partial charge in [-0.3, -0.25) is 0 Å². The summed E-state index contributed by atoms with van der Waals surface area (Å²) < 4.78 is 0. The van der Waals surface area contributed by atoms with Gasteiger partial charge in [0.25, 0.3) is 0 Å². The van der Waals surface area contributed by atoms with Crippen LogP contribution in [0, 0.1) is 0 Å². The van der Waals surface area contributed by atoms with Crippen LogP contribution in [-0.4, -0.2) is 6.61 Å². The summed E-state index contributed by atoms with van der Waals surface area (Å²) in [5.74, 6) is 4.76. The molecule has 0 amide bonds. The second-order valence-corrected chi connectivity index (χ2v) is 1.59. The third-order valence-electron chi connectivity index (χ3n) is 0.814. The summed E-state index contributed by atoms with van der Waals surface area (Å²) in [7, 11) is 0. The largest absolute Gasteiger partial charge is 0.300 e. The summed E-state index contributed by atoms with van der Waals surface area (Å²) in [6.45, 7) is 2.66. The Morgan fingerprint density at radius 2 is 2.25 bits per heavy atom. The van der Waals surface area contributed by atoms with Crippen LogP contribution in [0.1, 0.15) is 19.8 Å². The Morgan fingerprint density at radius 1 is 1.50 bits per heavy atom. The smallest absolute Gasteiger partial charge is 0.0860 e. The molecule has 0 radical (unpaired) electrons. The first-order valence-electron chi connectivity index (χ1n) is 2.88. The van der Waals surface area contributed by atoms with Crippen LogP contribution in [0.25, 0.3) is 0 Å². The van der Waals surface area contributed by atoms with Gasteiger partial charge in [-0.25, -0.2) is 5.90 Å². The fourth-order valence-electron chi connectivity index (χ4n) is 0.408. The third-order valence-corrected chi connectivity index (χ3v) is 0.814. The van der Waals surface area contributed by atoms with E-state index in [9.17, 15) is 0 Å². The van der Waals surface area contributed by atoms with Gasteiger partial charge in [-0.05, 0) is 6.42 Å². The highest BCUT2D eigenvalue weighted by molar-refractivity contribution is 4.80. The van der Waals surface area contributed by atoms with E-state index >= 15 is 0 Å². The van der Waals surface area contributed by atoms with Crippen LogP contribution in [0.15, 0.2) is 12.2 Å². The molecule has 0 fully saturated rings. The number of rotatable bonds is 4. The summed E-state index contributed by atoms with van der Waals surface area (Å²) in [6.07, 6.45) is 6.28. The quantitative estimate of drug-likeness (QED) is 0.442. The van der Waals surface area contributed by atoms with Gasteiger partial charge >= 0.3 is 0 Å². The molecule has 8 heavy (non-hydrogen) atoms. The maximum Gasteiger partial charge on any atom is 0.0860 e. The number of nitrogens with two attached hydrogens (primary N) is 1. The van der Waals surface area contributed by atoms with Crippen molar-refractivity contribution in [2.24, 2.45) is 5.90 Å². The third kappa shape index (κ3) is 5.66. The zero-order valence-electron chi connectivity index (χ0n) is 5.26. The molecule has 0 atom stereocenters. The van der Waals surface area contributed by atoms with E-state index in [0.717, 1.165) is 6.42 Å². The normalized spacial score (nSPS) is 10.8.